The molecule has 202 valence electrons. The highest BCUT2D eigenvalue weighted by molar-refractivity contribution is 5.91. The molecule has 1 amide bonds. The van der Waals surface area contributed by atoms with Crippen LogP contribution in [0.4, 0.5) is 5.69 Å². The monoisotopic (exact) mass is 530 g/mol. The summed E-state index contributed by atoms with van der Waals surface area (Å²) in [7, 11) is 0. The van der Waals surface area contributed by atoms with E-state index in [-0.39, 0.29) is 23.5 Å². The van der Waals surface area contributed by atoms with Crippen LogP contribution in [0.5, 0.6) is 5.75 Å². The minimum atomic E-state index is -1.28. The SMILES string of the molecule is CC(C)(c1ccccc1)c1ccc(OCc2ccc(C(=O)NC(CO)C(O)c3ccc([N+](=O)[O-])cc3)o2)cc1. The van der Waals surface area contributed by atoms with Crippen molar-refractivity contribution in [2.45, 2.75) is 38.0 Å². The molecule has 0 saturated heterocycles. The number of nitro benzene ring substituents is 1. The van der Waals surface area contributed by atoms with Crippen molar-refractivity contribution >= 4 is 11.6 Å². The van der Waals surface area contributed by atoms with Crippen molar-refractivity contribution in [3.05, 3.63) is 129 Å². The van der Waals surface area contributed by atoms with E-state index >= 15 is 0 Å². The zero-order valence-electron chi connectivity index (χ0n) is 21.6. The molecule has 2 atom stereocenters. The van der Waals surface area contributed by atoms with E-state index < -0.39 is 29.6 Å². The predicted molar refractivity (Wildman–Crippen MR) is 144 cm³/mol. The molecule has 39 heavy (non-hydrogen) atoms. The summed E-state index contributed by atoms with van der Waals surface area (Å²) in [5, 5.41) is 33.6. The maximum Gasteiger partial charge on any atom is 0.287 e. The average Bonchev–Trinajstić information content (AvgIpc) is 3.44. The van der Waals surface area contributed by atoms with Crippen molar-refractivity contribution in [1.29, 1.82) is 0 Å². The van der Waals surface area contributed by atoms with Crippen LogP contribution in [0.15, 0.2) is 95.4 Å². The van der Waals surface area contributed by atoms with Crippen LogP contribution in [-0.4, -0.2) is 33.7 Å². The Bertz CT molecular complexity index is 1400. The van der Waals surface area contributed by atoms with Crippen molar-refractivity contribution in [2.75, 3.05) is 6.61 Å². The Kier molecular flexibility index (Phi) is 8.43. The average molecular weight is 531 g/mol. The second-order valence-electron chi connectivity index (χ2n) is 9.63. The molecule has 1 heterocycles. The van der Waals surface area contributed by atoms with E-state index in [4.69, 9.17) is 9.15 Å². The molecule has 0 bridgehead atoms. The minimum absolute atomic E-state index is 0.0112. The molecular formula is C30H30N2O7. The number of aliphatic hydroxyl groups excluding tert-OH is 2. The molecule has 2 unspecified atom stereocenters. The Labute approximate surface area is 225 Å². The van der Waals surface area contributed by atoms with Crippen LogP contribution in [-0.2, 0) is 12.0 Å². The molecule has 0 saturated carbocycles. The molecule has 9 nitrogen and oxygen atoms in total. The first-order chi connectivity index (χ1) is 18.7. The number of furan rings is 1. The summed E-state index contributed by atoms with van der Waals surface area (Å²) < 4.78 is 11.4. The van der Waals surface area contributed by atoms with Crippen LogP contribution in [0, 0.1) is 10.1 Å². The van der Waals surface area contributed by atoms with E-state index in [0.29, 0.717) is 17.1 Å². The second-order valence-corrected chi connectivity index (χ2v) is 9.63. The highest BCUT2D eigenvalue weighted by atomic mass is 16.6. The van der Waals surface area contributed by atoms with E-state index in [9.17, 15) is 25.1 Å². The molecular weight excluding hydrogens is 500 g/mol. The summed E-state index contributed by atoms with van der Waals surface area (Å²) in [6, 6.07) is 25.3. The van der Waals surface area contributed by atoms with Crippen molar-refractivity contribution in [3.63, 3.8) is 0 Å². The molecule has 0 aliphatic heterocycles. The summed E-state index contributed by atoms with van der Waals surface area (Å²) in [4.78, 5) is 22.9. The highest BCUT2D eigenvalue weighted by Crippen LogP contribution is 2.32. The number of benzene rings is 3. The van der Waals surface area contributed by atoms with Crippen LogP contribution in [0.25, 0.3) is 0 Å². The van der Waals surface area contributed by atoms with Gasteiger partial charge in [0.15, 0.2) is 5.76 Å². The van der Waals surface area contributed by atoms with Gasteiger partial charge in [-0.2, -0.15) is 0 Å². The summed E-state index contributed by atoms with van der Waals surface area (Å²) in [5.74, 6) is 0.429. The van der Waals surface area contributed by atoms with Crippen molar-refractivity contribution < 1.29 is 29.1 Å². The van der Waals surface area contributed by atoms with Crippen molar-refractivity contribution in [2.24, 2.45) is 0 Å². The van der Waals surface area contributed by atoms with Gasteiger partial charge in [0, 0.05) is 17.5 Å². The number of nitro groups is 1. The zero-order chi connectivity index (χ0) is 28.0. The number of nitrogens with zero attached hydrogens (tertiary/aromatic N) is 1. The van der Waals surface area contributed by atoms with Crippen LogP contribution in [0.1, 0.15) is 53.0 Å². The van der Waals surface area contributed by atoms with Crippen LogP contribution >= 0.6 is 0 Å². The van der Waals surface area contributed by atoms with Crippen LogP contribution in [0.3, 0.4) is 0 Å². The van der Waals surface area contributed by atoms with E-state index in [1.807, 2.05) is 42.5 Å². The molecule has 4 rings (SSSR count). The van der Waals surface area contributed by atoms with Crippen LogP contribution < -0.4 is 10.1 Å². The van der Waals surface area contributed by atoms with Gasteiger partial charge in [0.2, 0.25) is 0 Å². The van der Waals surface area contributed by atoms with Crippen molar-refractivity contribution in [3.8, 4) is 5.75 Å². The molecule has 0 aliphatic carbocycles. The molecule has 9 heteroatoms. The fraction of sp³-hybridized carbons (Fsp3) is 0.233. The predicted octanol–water partition coefficient (Wildman–Crippen LogP) is 4.92. The van der Waals surface area contributed by atoms with Crippen molar-refractivity contribution in [1.82, 2.24) is 5.32 Å². The highest BCUT2D eigenvalue weighted by Gasteiger charge is 2.25. The van der Waals surface area contributed by atoms with Gasteiger partial charge < -0.3 is 24.7 Å². The summed E-state index contributed by atoms with van der Waals surface area (Å²) in [6.45, 7) is 3.88. The smallest absolute Gasteiger partial charge is 0.287 e. The van der Waals surface area contributed by atoms with Gasteiger partial charge in [-0.15, -0.1) is 0 Å². The standard InChI is InChI=1S/C30H30N2O7/c1-30(2,21-6-4-3-5-7-21)22-10-14-24(15-11-22)38-19-25-16-17-27(39-25)29(35)31-26(18-33)28(34)20-8-12-23(13-9-20)32(36)37/h3-17,26,28,33-34H,18-19H2,1-2H3,(H,31,35). The summed E-state index contributed by atoms with van der Waals surface area (Å²) in [6.07, 6.45) is -1.28. The number of rotatable bonds is 11. The lowest BCUT2D eigenvalue weighted by atomic mass is 9.78. The number of nitrogens with one attached hydrogen (secondary N) is 1. The van der Waals surface area contributed by atoms with Crippen LogP contribution in [0.2, 0.25) is 0 Å². The fourth-order valence-corrected chi connectivity index (χ4v) is 4.21. The number of ether oxygens (including phenoxy) is 1. The van der Waals surface area contributed by atoms with Gasteiger partial charge >= 0.3 is 0 Å². The number of carbonyl (C=O) groups excluding carboxylic acids is 1. The Morgan fingerprint density at radius 3 is 2.23 bits per heavy atom. The molecule has 1 aromatic heterocycles. The van der Waals surface area contributed by atoms with Gasteiger partial charge in [0.25, 0.3) is 11.6 Å². The Morgan fingerprint density at radius 2 is 1.62 bits per heavy atom. The van der Waals surface area contributed by atoms with Gasteiger partial charge in [0.05, 0.1) is 17.6 Å². The third kappa shape index (κ3) is 6.51. The van der Waals surface area contributed by atoms with Gasteiger partial charge in [0.1, 0.15) is 24.2 Å². The summed E-state index contributed by atoms with van der Waals surface area (Å²) in [5.41, 5.74) is 2.37. The first kappa shape index (κ1) is 27.6. The lowest BCUT2D eigenvalue weighted by Gasteiger charge is -2.26. The number of amides is 1. The Balaban J connectivity index is 1.34. The largest absolute Gasteiger partial charge is 0.486 e. The molecule has 0 aliphatic rings. The van der Waals surface area contributed by atoms with Gasteiger partial charge in [-0.05, 0) is 53.1 Å². The first-order valence-corrected chi connectivity index (χ1v) is 12.4. The normalized spacial score (nSPS) is 12.9. The Morgan fingerprint density at radius 1 is 0.974 bits per heavy atom. The maximum absolute atomic E-state index is 12.7. The molecule has 0 fully saturated rings. The lowest BCUT2D eigenvalue weighted by molar-refractivity contribution is -0.384. The van der Waals surface area contributed by atoms with E-state index in [1.165, 1.54) is 35.9 Å². The topological polar surface area (TPSA) is 135 Å². The number of non-ortho nitro benzene ring substituents is 1. The number of aliphatic hydroxyl groups is 2. The summed E-state index contributed by atoms with van der Waals surface area (Å²) >= 11 is 0. The van der Waals surface area contributed by atoms with Gasteiger partial charge in [-0.25, -0.2) is 0 Å². The number of hydrogen-bond acceptors (Lipinski definition) is 7. The van der Waals surface area contributed by atoms with E-state index in [0.717, 1.165) is 5.56 Å². The zero-order valence-corrected chi connectivity index (χ0v) is 21.6. The molecule has 4 aromatic rings. The van der Waals surface area contributed by atoms with E-state index in [2.05, 4.69) is 31.3 Å². The maximum atomic E-state index is 12.7. The fourth-order valence-electron chi connectivity index (χ4n) is 4.21. The number of hydrogen-bond donors (Lipinski definition) is 3. The van der Waals surface area contributed by atoms with Gasteiger partial charge in [-0.1, -0.05) is 56.3 Å². The van der Waals surface area contributed by atoms with Gasteiger partial charge in [-0.3, -0.25) is 14.9 Å². The molecule has 3 aromatic carbocycles. The Hall–Kier alpha value is -4.47. The van der Waals surface area contributed by atoms with E-state index in [1.54, 1.807) is 6.07 Å². The molecule has 0 spiro atoms. The second kappa shape index (κ2) is 11.9. The molecule has 3 N–H and O–H groups in total. The first-order valence-electron chi connectivity index (χ1n) is 12.4. The third-order valence-corrected chi connectivity index (χ3v) is 6.68. The lowest BCUT2D eigenvalue weighted by Crippen LogP contribution is -2.41. The number of carbonyl (C=O) groups is 1. The minimum Gasteiger partial charge on any atom is -0.486 e. The quantitative estimate of drug-likeness (QED) is 0.185. The third-order valence-electron chi connectivity index (χ3n) is 6.68. The molecule has 0 radical (unpaired) electrons.